The Labute approximate surface area is 165 Å². The summed E-state index contributed by atoms with van der Waals surface area (Å²) < 4.78 is 0. The van der Waals surface area contributed by atoms with E-state index in [2.05, 4.69) is 5.32 Å². The van der Waals surface area contributed by atoms with E-state index in [1.165, 1.54) is 0 Å². The second-order valence-electron chi connectivity index (χ2n) is 5.87. The molecule has 3 amide bonds. The SMILES string of the molecule is O=C(O)CCCCCNC(=O)CN1C(=O)S/C(=C\c2ccc(Cl)cc2)C1=O. The summed E-state index contributed by atoms with van der Waals surface area (Å²) in [5, 5.41) is 11.3. The molecule has 0 bridgehead atoms. The number of nitrogens with one attached hydrogen (secondary N) is 1. The van der Waals surface area contributed by atoms with Gasteiger partial charge in [-0.15, -0.1) is 0 Å². The fourth-order valence-corrected chi connectivity index (χ4v) is 3.32. The Morgan fingerprint density at radius 2 is 1.85 bits per heavy atom. The standard InChI is InChI=1S/C18H19ClN2O5S/c19-13-7-5-12(6-8-13)10-14-17(25)21(18(26)27-14)11-15(22)20-9-3-1-2-4-16(23)24/h5-8,10H,1-4,9,11H2,(H,20,22)(H,23,24)/b14-10-. The number of carboxylic acid groups (broad SMARTS) is 1. The van der Waals surface area contributed by atoms with Crippen LogP contribution in [-0.2, 0) is 14.4 Å². The fourth-order valence-electron chi connectivity index (χ4n) is 2.35. The van der Waals surface area contributed by atoms with Crippen LogP contribution in [0, 0.1) is 0 Å². The van der Waals surface area contributed by atoms with Crippen LogP contribution >= 0.6 is 23.4 Å². The van der Waals surface area contributed by atoms with Crippen LogP contribution in [0.15, 0.2) is 29.2 Å². The highest BCUT2D eigenvalue weighted by molar-refractivity contribution is 8.18. The van der Waals surface area contributed by atoms with Crippen LogP contribution in [0.25, 0.3) is 6.08 Å². The lowest BCUT2D eigenvalue weighted by Gasteiger charge is -2.12. The number of carbonyl (C=O) groups excluding carboxylic acids is 3. The predicted molar refractivity (Wildman–Crippen MR) is 103 cm³/mol. The summed E-state index contributed by atoms with van der Waals surface area (Å²) in [5.74, 6) is -1.77. The summed E-state index contributed by atoms with van der Waals surface area (Å²) >= 11 is 6.61. The second kappa shape index (κ2) is 10.1. The van der Waals surface area contributed by atoms with Crippen molar-refractivity contribution < 1.29 is 24.3 Å². The molecule has 0 aromatic heterocycles. The fraction of sp³-hybridized carbons (Fsp3) is 0.333. The van der Waals surface area contributed by atoms with Crippen molar-refractivity contribution in [2.45, 2.75) is 25.7 Å². The Bertz CT molecular complexity index is 764. The van der Waals surface area contributed by atoms with Gasteiger partial charge >= 0.3 is 5.97 Å². The van der Waals surface area contributed by atoms with Gasteiger partial charge in [0.2, 0.25) is 5.91 Å². The van der Waals surface area contributed by atoms with Crippen LogP contribution in [-0.4, -0.2) is 46.1 Å². The van der Waals surface area contributed by atoms with Gasteiger partial charge in [0.25, 0.3) is 11.1 Å². The van der Waals surface area contributed by atoms with Crippen molar-refractivity contribution in [1.29, 1.82) is 0 Å². The second-order valence-corrected chi connectivity index (χ2v) is 7.30. The molecule has 1 heterocycles. The number of carboxylic acids is 1. The van der Waals surface area contributed by atoms with Gasteiger partial charge in [-0.2, -0.15) is 0 Å². The number of aliphatic carboxylic acids is 1. The quantitative estimate of drug-likeness (QED) is 0.478. The van der Waals surface area contributed by atoms with Crippen LogP contribution in [0.4, 0.5) is 4.79 Å². The van der Waals surface area contributed by atoms with Crippen LogP contribution in [0.1, 0.15) is 31.2 Å². The summed E-state index contributed by atoms with van der Waals surface area (Å²) in [6.45, 7) is 0.0348. The molecule has 0 atom stereocenters. The van der Waals surface area contributed by atoms with Crippen molar-refractivity contribution in [2.75, 3.05) is 13.1 Å². The number of thioether (sulfide) groups is 1. The molecule has 0 spiro atoms. The Balaban J connectivity index is 1.81. The molecule has 1 fully saturated rings. The molecule has 2 rings (SSSR count). The molecule has 0 radical (unpaired) electrons. The molecular formula is C18H19ClN2O5S. The Morgan fingerprint density at radius 3 is 2.52 bits per heavy atom. The summed E-state index contributed by atoms with van der Waals surface area (Å²) in [4.78, 5) is 47.9. The topological polar surface area (TPSA) is 104 Å². The van der Waals surface area contributed by atoms with Crippen LogP contribution in [0.5, 0.6) is 0 Å². The van der Waals surface area contributed by atoms with Crippen molar-refractivity contribution in [3.8, 4) is 0 Å². The third kappa shape index (κ3) is 6.73. The highest BCUT2D eigenvalue weighted by Crippen LogP contribution is 2.32. The Kier molecular flexibility index (Phi) is 7.87. The maximum Gasteiger partial charge on any atom is 0.303 e. The van der Waals surface area contributed by atoms with Crippen molar-refractivity contribution in [3.63, 3.8) is 0 Å². The van der Waals surface area contributed by atoms with E-state index in [0.717, 1.165) is 22.2 Å². The number of amides is 3. The van der Waals surface area contributed by atoms with Gasteiger partial charge in [0.15, 0.2) is 0 Å². The minimum atomic E-state index is -0.843. The number of halogens is 1. The molecule has 0 saturated carbocycles. The lowest BCUT2D eigenvalue weighted by Crippen LogP contribution is -2.39. The molecule has 144 valence electrons. The van der Waals surface area contributed by atoms with E-state index < -0.39 is 23.0 Å². The number of unbranched alkanes of at least 4 members (excludes halogenated alkanes) is 2. The van der Waals surface area contributed by atoms with Gasteiger partial charge in [0.1, 0.15) is 6.54 Å². The molecule has 0 unspecified atom stereocenters. The first-order valence-electron chi connectivity index (χ1n) is 8.36. The molecule has 0 aliphatic carbocycles. The molecular weight excluding hydrogens is 392 g/mol. The van der Waals surface area contributed by atoms with E-state index in [0.29, 0.717) is 30.8 Å². The van der Waals surface area contributed by atoms with E-state index >= 15 is 0 Å². The molecule has 1 aromatic rings. The average Bonchev–Trinajstić information content (AvgIpc) is 2.87. The summed E-state index contributed by atoms with van der Waals surface area (Å²) in [6, 6.07) is 6.82. The van der Waals surface area contributed by atoms with Crippen LogP contribution < -0.4 is 5.32 Å². The first kappa shape index (κ1) is 21.0. The number of hydrogen-bond acceptors (Lipinski definition) is 5. The molecule has 1 aromatic carbocycles. The number of rotatable bonds is 9. The van der Waals surface area contributed by atoms with Gasteiger partial charge in [-0.25, -0.2) is 0 Å². The molecule has 1 saturated heterocycles. The maximum atomic E-state index is 12.4. The monoisotopic (exact) mass is 410 g/mol. The molecule has 2 N–H and O–H groups in total. The van der Waals surface area contributed by atoms with Crippen LogP contribution in [0.3, 0.4) is 0 Å². The van der Waals surface area contributed by atoms with E-state index in [1.807, 2.05) is 0 Å². The normalized spacial score (nSPS) is 15.4. The molecule has 7 nitrogen and oxygen atoms in total. The Hall–Kier alpha value is -2.32. The van der Waals surface area contributed by atoms with E-state index in [9.17, 15) is 19.2 Å². The smallest absolute Gasteiger partial charge is 0.303 e. The Morgan fingerprint density at radius 1 is 1.15 bits per heavy atom. The number of benzene rings is 1. The first-order chi connectivity index (χ1) is 12.9. The largest absolute Gasteiger partial charge is 0.481 e. The van der Waals surface area contributed by atoms with Crippen molar-refractivity contribution in [1.82, 2.24) is 10.2 Å². The zero-order valence-corrected chi connectivity index (χ0v) is 16.0. The third-order valence-electron chi connectivity index (χ3n) is 3.73. The highest BCUT2D eigenvalue weighted by atomic mass is 35.5. The van der Waals surface area contributed by atoms with Crippen molar-refractivity contribution in [2.24, 2.45) is 0 Å². The average molecular weight is 411 g/mol. The minimum absolute atomic E-state index is 0.102. The zero-order valence-electron chi connectivity index (χ0n) is 14.4. The number of carbonyl (C=O) groups is 4. The van der Waals surface area contributed by atoms with Gasteiger partial charge in [0.05, 0.1) is 4.91 Å². The third-order valence-corrected chi connectivity index (χ3v) is 4.89. The maximum absolute atomic E-state index is 12.4. The number of imide groups is 1. The highest BCUT2D eigenvalue weighted by Gasteiger charge is 2.36. The lowest BCUT2D eigenvalue weighted by molar-refractivity contribution is -0.137. The van der Waals surface area contributed by atoms with Gasteiger partial charge in [-0.05, 0) is 48.4 Å². The van der Waals surface area contributed by atoms with Gasteiger partial charge in [-0.3, -0.25) is 24.1 Å². The van der Waals surface area contributed by atoms with Crippen molar-refractivity contribution >= 4 is 52.5 Å². The zero-order chi connectivity index (χ0) is 19.8. The summed E-state index contributed by atoms with van der Waals surface area (Å²) in [7, 11) is 0. The molecule has 27 heavy (non-hydrogen) atoms. The number of nitrogens with zero attached hydrogens (tertiary/aromatic N) is 1. The number of hydrogen-bond donors (Lipinski definition) is 2. The van der Waals surface area contributed by atoms with Crippen molar-refractivity contribution in [3.05, 3.63) is 39.8 Å². The van der Waals surface area contributed by atoms with Gasteiger partial charge in [0, 0.05) is 18.0 Å². The van der Waals surface area contributed by atoms with Gasteiger partial charge in [-0.1, -0.05) is 30.2 Å². The van der Waals surface area contributed by atoms with Crippen LogP contribution in [0.2, 0.25) is 5.02 Å². The van der Waals surface area contributed by atoms with Gasteiger partial charge < -0.3 is 10.4 Å². The first-order valence-corrected chi connectivity index (χ1v) is 9.55. The van der Waals surface area contributed by atoms with E-state index in [-0.39, 0.29) is 17.9 Å². The molecule has 9 heteroatoms. The summed E-state index contributed by atoms with van der Waals surface area (Å²) in [5.41, 5.74) is 0.732. The molecule has 1 aliphatic rings. The molecule has 1 aliphatic heterocycles. The lowest BCUT2D eigenvalue weighted by atomic mass is 10.2. The van der Waals surface area contributed by atoms with E-state index in [4.69, 9.17) is 16.7 Å². The minimum Gasteiger partial charge on any atom is -0.481 e. The summed E-state index contributed by atoms with van der Waals surface area (Å²) in [6.07, 6.45) is 3.55. The van der Waals surface area contributed by atoms with E-state index in [1.54, 1.807) is 30.3 Å². The predicted octanol–water partition coefficient (Wildman–Crippen LogP) is 3.14.